The molecule has 0 radical (unpaired) electrons. The molecule has 2 nitrogen and oxygen atoms in total. The van der Waals surface area contributed by atoms with Crippen LogP contribution in [0.2, 0.25) is 0 Å². The Morgan fingerprint density at radius 3 is 2.64 bits per heavy atom. The molecule has 0 spiro atoms. The zero-order chi connectivity index (χ0) is 8.85. The van der Waals surface area contributed by atoms with Crippen molar-refractivity contribution < 1.29 is 9.90 Å². The number of rotatable bonds is 5. The van der Waals surface area contributed by atoms with Crippen molar-refractivity contribution in [2.45, 2.75) is 25.5 Å². The minimum Gasteiger partial charge on any atom is -0.480 e. The fraction of sp³-hybridized carbons (Fsp3) is 0.625. The fourth-order valence-corrected chi connectivity index (χ4v) is 1.44. The summed E-state index contributed by atoms with van der Waals surface area (Å²) >= 11 is 1.45. The summed E-state index contributed by atoms with van der Waals surface area (Å²) in [7, 11) is 0. The molecule has 0 amide bonds. The molecule has 1 unspecified atom stereocenters. The zero-order valence-electron chi connectivity index (χ0n) is 6.96. The van der Waals surface area contributed by atoms with Crippen molar-refractivity contribution in [1.82, 2.24) is 0 Å². The van der Waals surface area contributed by atoms with E-state index in [1.165, 1.54) is 11.8 Å². The Morgan fingerprint density at radius 2 is 2.27 bits per heavy atom. The lowest BCUT2D eigenvalue weighted by molar-refractivity contribution is -0.136. The molecule has 3 heteroatoms. The highest BCUT2D eigenvalue weighted by molar-refractivity contribution is 8.00. The summed E-state index contributed by atoms with van der Waals surface area (Å²) in [5.74, 6) is 0.111. The summed E-state index contributed by atoms with van der Waals surface area (Å²) in [6.07, 6.45) is 0.905. The quantitative estimate of drug-likeness (QED) is 0.649. The first-order chi connectivity index (χ1) is 5.04. The van der Waals surface area contributed by atoms with Crippen LogP contribution in [0, 0.1) is 0 Å². The van der Waals surface area contributed by atoms with Crippen LogP contribution >= 0.6 is 11.8 Å². The molecule has 0 saturated heterocycles. The van der Waals surface area contributed by atoms with Gasteiger partial charge >= 0.3 is 5.97 Å². The SMILES string of the molecule is C=C(C)CCSC(C)C(=O)O. The summed E-state index contributed by atoms with van der Waals surface area (Å²) < 4.78 is 0. The van der Waals surface area contributed by atoms with E-state index in [1.807, 2.05) is 6.92 Å². The van der Waals surface area contributed by atoms with Crippen molar-refractivity contribution in [2.24, 2.45) is 0 Å². The normalized spacial score (nSPS) is 12.5. The molecule has 0 bridgehead atoms. The third kappa shape index (κ3) is 5.98. The fourth-order valence-electron chi connectivity index (χ4n) is 0.481. The molecule has 0 fully saturated rings. The Morgan fingerprint density at radius 1 is 1.73 bits per heavy atom. The van der Waals surface area contributed by atoms with Gasteiger partial charge in [0.2, 0.25) is 0 Å². The van der Waals surface area contributed by atoms with Gasteiger partial charge < -0.3 is 5.11 Å². The third-order valence-electron chi connectivity index (χ3n) is 1.24. The Balaban J connectivity index is 3.39. The molecule has 0 saturated carbocycles. The van der Waals surface area contributed by atoms with Gasteiger partial charge in [-0.2, -0.15) is 0 Å². The Bertz CT molecular complexity index is 154. The first-order valence-electron chi connectivity index (χ1n) is 3.53. The first kappa shape index (κ1) is 10.6. The molecule has 0 aliphatic heterocycles. The van der Waals surface area contributed by atoms with Crippen molar-refractivity contribution >= 4 is 17.7 Å². The molecule has 0 aliphatic carbocycles. The average molecular weight is 174 g/mol. The molecule has 0 rings (SSSR count). The number of thioether (sulfide) groups is 1. The van der Waals surface area contributed by atoms with Crippen LogP contribution in [0.4, 0.5) is 0 Å². The molecule has 64 valence electrons. The lowest BCUT2D eigenvalue weighted by Crippen LogP contribution is -2.11. The van der Waals surface area contributed by atoms with Gasteiger partial charge in [0, 0.05) is 0 Å². The van der Waals surface area contributed by atoms with E-state index in [-0.39, 0.29) is 5.25 Å². The van der Waals surface area contributed by atoms with Gasteiger partial charge in [0.15, 0.2) is 0 Å². The molecule has 0 aromatic rings. The summed E-state index contributed by atoms with van der Waals surface area (Å²) in [6.45, 7) is 7.39. The predicted molar refractivity (Wildman–Crippen MR) is 49.0 cm³/mol. The van der Waals surface area contributed by atoms with Gasteiger partial charge in [-0.25, -0.2) is 0 Å². The third-order valence-corrected chi connectivity index (χ3v) is 2.39. The van der Waals surface area contributed by atoms with Crippen LogP contribution in [0.25, 0.3) is 0 Å². The summed E-state index contributed by atoms with van der Waals surface area (Å²) in [6, 6.07) is 0. The maximum absolute atomic E-state index is 10.3. The minimum absolute atomic E-state index is 0.297. The van der Waals surface area contributed by atoms with Gasteiger partial charge in [-0.15, -0.1) is 18.3 Å². The monoisotopic (exact) mass is 174 g/mol. The predicted octanol–water partition coefficient (Wildman–Crippen LogP) is 2.16. The number of aliphatic carboxylic acids is 1. The topological polar surface area (TPSA) is 37.3 Å². The smallest absolute Gasteiger partial charge is 0.316 e. The van der Waals surface area contributed by atoms with Gasteiger partial charge in [-0.1, -0.05) is 5.57 Å². The van der Waals surface area contributed by atoms with Crippen LogP contribution in [-0.2, 0) is 4.79 Å². The number of carbonyl (C=O) groups is 1. The second-order valence-electron chi connectivity index (χ2n) is 2.56. The van der Waals surface area contributed by atoms with E-state index in [1.54, 1.807) is 6.92 Å². The summed E-state index contributed by atoms with van der Waals surface area (Å²) in [5, 5.41) is 8.21. The van der Waals surface area contributed by atoms with Crippen LogP contribution in [0.15, 0.2) is 12.2 Å². The highest BCUT2D eigenvalue weighted by Crippen LogP contribution is 2.13. The largest absolute Gasteiger partial charge is 0.480 e. The Labute approximate surface area is 71.7 Å². The lowest BCUT2D eigenvalue weighted by Gasteiger charge is -2.04. The van der Waals surface area contributed by atoms with Crippen molar-refractivity contribution in [3.05, 3.63) is 12.2 Å². The molecule has 0 aromatic heterocycles. The van der Waals surface area contributed by atoms with E-state index in [0.717, 1.165) is 17.7 Å². The maximum Gasteiger partial charge on any atom is 0.316 e. The molecule has 0 aliphatic rings. The van der Waals surface area contributed by atoms with Gasteiger partial charge in [0.05, 0.1) is 5.25 Å². The van der Waals surface area contributed by atoms with E-state index in [9.17, 15) is 4.79 Å². The van der Waals surface area contributed by atoms with Gasteiger partial charge in [0.1, 0.15) is 0 Å². The van der Waals surface area contributed by atoms with Gasteiger partial charge in [-0.05, 0) is 26.0 Å². The molecule has 11 heavy (non-hydrogen) atoms. The van der Waals surface area contributed by atoms with Crippen LogP contribution in [0.1, 0.15) is 20.3 Å². The van der Waals surface area contributed by atoms with Crippen LogP contribution < -0.4 is 0 Å². The number of carboxylic acids is 1. The zero-order valence-corrected chi connectivity index (χ0v) is 7.78. The van der Waals surface area contributed by atoms with Crippen molar-refractivity contribution in [3.63, 3.8) is 0 Å². The van der Waals surface area contributed by atoms with Crippen molar-refractivity contribution in [3.8, 4) is 0 Å². The second-order valence-corrected chi connectivity index (χ2v) is 4.01. The average Bonchev–Trinajstić information content (AvgIpc) is 1.86. The van der Waals surface area contributed by atoms with Crippen molar-refractivity contribution in [1.29, 1.82) is 0 Å². The van der Waals surface area contributed by atoms with E-state index in [4.69, 9.17) is 5.11 Å². The molecular formula is C8H14O2S. The van der Waals surface area contributed by atoms with Gasteiger partial charge in [0.25, 0.3) is 0 Å². The molecule has 1 N–H and O–H groups in total. The lowest BCUT2D eigenvalue weighted by atomic mass is 10.3. The second kappa shape index (κ2) is 5.24. The van der Waals surface area contributed by atoms with E-state index < -0.39 is 5.97 Å². The van der Waals surface area contributed by atoms with Crippen LogP contribution in [0.3, 0.4) is 0 Å². The maximum atomic E-state index is 10.3. The molecule has 0 aromatic carbocycles. The Kier molecular flexibility index (Phi) is 5.03. The number of allylic oxidation sites excluding steroid dienone is 1. The van der Waals surface area contributed by atoms with Crippen LogP contribution in [0.5, 0.6) is 0 Å². The van der Waals surface area contributed by atoms with Gasteiger partial charge in [-0.3, -0.25) is 4.79 Å². The van der Waals surface area contributed by atoms with E-state index >= 15 is 0 Å². The number of carboxylic acid groups (broad SMARTS) is 1. The summed E-state index contributed by atoms with van der Waals surface area (Å²) in [4.78, 5) is 10.3. The van der Waals surface area contributed by atoms with Crippen LogP contribution in [-0.4, -0.2) is 22.1 Å². The number of hydrogen-bond acceptors (Lipinski definition) is 2. The number of hydrogen-bond donors (Lipinski definition) is 1. The first-order valence-corrected chi connectivity index (χ1v) is 4.57. The van der Waals surface area contributed by atoms with Crippen molar-refractivity contribution in [2.75, 3.05) is 5.75 Å². The minimum atomic E-state index is -0.739. The van der Waals surface area contributed by atoms with E-state index in [0.29, 0.717) is 0 Å². The molecule has 1 atom stereocenters. The summed E-state index contributed by atoms with van der Waals surface area (Å²) in [5.41, 5.74) is 1.11. The van der Waals surface area contributed by atoms with E-state index in [2.05, 4.69) is 6.58 Å². The standard InChI is InChI=1S/C8H14O2S/c1-6(2)4-5-11-7(3)8(9)10/h7H,1,4-5H2,2-3H3,(H,9,10). The molecular weight excluding hydrogens is 160 g/mol. The Hall–Kier alpha value is -0.440. The molecule has 0 heterocycles. The highest BCUT2D eigenvalue weighted by atomic mass is 32.2. The highest BCUT2D eigenvalue weighted by Gasteiger charge is 2.09.